The van der Waals surface area contributed by atoms with Gasteiger partial charge in [-0.2, -0.15) is 5.10 Å². The summed E-state index contributed by atoms with van der Waals surface area (Å²) in [4.78, 5) is 14.0. The van der Waals surface area contributed by atoms with Crippen molar-refractivity contribution in [2.24, 2.45) is 7.05 Å². The third kappa shape index (κ3) is 2.83. The maximum absolute atomic E-state index is 4.49. The smallest absolute Gasteiger partial charge is 0.225 e. The van der Waals surface area contributed by atoms with Crippen molar-refractivity contribution in [3.63, 3.8) is 0 Å². The highest BCUT2D eigenvalue weighted by Crippen LogP contribution is 2.40. The Morgan fingerprint density at radius 3 is 2.57 bits per heavy atom. The summed E-state index contributed by atoms with van der Waals surface area (Å²) in [5, 5.41) is 4.27. The van der Waals surface area contributed by atoms with E-state index in [4.69, 9.17) is 0 Å². The van der Waals surface area contributed by atoms with E-state index in [-0.39, 0.29) is 5.54 Å². The Bertz CT molecular complexity index is 644. The van der Waals surface area contributed by atoms with Gasteiger partial charge in [0.1, 0.15) is 0 Å². The first kappa shape index (κ1) is 14.6. The summed E-state index contributed by atoms with van der Waals surface area (Å²) < 4.78 is 1.88. The van der Waals surface area contributed by atoms with Crippen LogP contribution >= 0.6 is 0 Å². The molecule has 0 unspecified atom stereocenters. The molecular weight excluding hydrogens is 288 g/mol. The summed E-state index contributed by atoms with van der Waals surface area (Å²) in [5.41, 5.74) is 1.57. The Hall–Kier alpha value is -1.95. The highest BCUT2D eigenvalue weighted by Gasteiger charge is 2.44. The van der Waals surface area contributed by atoms with Crippen LogP contribution in [0.2, 0.25) is 0 Å². The van der Waals surface area contributed by atoms with Gasteiger partial charge in [-0.3, -0.25) is 9.58 Å². The van der Waals surface area contributed by atoms with Crippen molar-refractivity contribution in [1.29, 1.82) is 0 Å². The largest absolute Gasteiger partial charge is 0.335 e. The van der Waals surface area contributed by atoms with Crippen LogP contribution in [0.4, 0.5) is 5.95 Å². The average Bonchev–Trinajstić information content (AvgIpc) is 3.17. The molecule has 4 rings (SSSR count). The topological polar surface area (TPSA) is 50.1 Å². The minimum Gasteiger partial charge on any atom is -0.335 e. The maximum Gasteiger partial charge on any atom is 0.225 e. The number of likely N-dealkylation sites (tertiary alicyclic amines) is 1. The number of hydrogen-bond donors (Lipinski definition) is 0. The molecule has 0 radical (unpaired) electrons. The first-order valence-electron chi connectivity index (χ1n) is 8.50. The Labute approximate surface area is 137 Å². The van der Waals surface area contributed by atoms with Gasteiger partial charge in [0.05, 0.1) is 6.20 Å². The predicted octanol–water partition coefficient (Wildman–Crippen LogP) is 1.85. The summed E-state index contributed by atoms with van der Waals surface area (Å²) in [5.74, 6) is 0.908. The lowest BCUT2D eigenvalue weighted by Crippen LogP contribution is -2.52. The van der Waals surface area contributed by atoms with E-state index in [0.717, 1.165) is 32.1 Å². The molecular formula is C17H24N6. The van der Waals surface area contributed by atoms with Gasteiger partial charge in [-0.15, -0.1) is 0 Å². The van der Waals surface area contributed by atoms with Crippen LogP contribution in [0.15, 0.2) is 30.9 Å². The van der Waals surface area contributed by atoms with E-state index in [9.17, 15) is 0 Å². The molecule has 0 saturated carbocycles. The SMILES string of the molecule is Cn1cc(CN2CCC3(CCCN3c3ncccn3)CC2)cn1. The molecule has 1 spiro atoms. The minimum atomic E-state index is 0.271. The fourth-order valence-corrected chi connectivity index (χ4v) is 4.14. The van der Waals surface area contributed by atoms with Crippen LogP contribution in [0.25, 0.3) is 0 Å². The van der Waals surface area contributed by atoms with Crippen molar-refractivity contribution in [3.8, 4) is 0 Å². The molecule has 2 aromatic rings. The molecule has 2 aliphatic rings. The van der Waals surface area contributed by atoms with Crippen molar-refractivity contribution in [2.75, 3.05) is 24.5 Å². The van der Waals surface area contributed by atoms with Crippen LogP contribution in [0.5, 0.6) is 0 Å². The normalized spacial score (nSPS) is 21.2. The van der Waals surface area contributed by atoms with E-state index in [1.165, 1.54) is 31.2 Å². The van der Waals surface area contributed by atoms with E-state index < -0.39 is 0 Å². The summed E-state index contributed by atoms with van der Waals surface area (Å²) in [6.45, 7) is 4.37. The molecule has 0 bridgehead atoms. The van der Waals surface area contributed by atoms with Crippen molar-refractivity contribution >= 4 is 5.95 Å². The van der Waals surface area contributed by atoms with E-state index in [1.807, 2.05) is 36.4 Å². The third-order valence-electron chi connectivity index (χ3n) is 5.34. The summed E-state index contributed by atoms with van der Waals surface area (Å²) in [6, 6.07) is 1.89. The van der Waals surface area contributed by atoms with Crippen LogP contribution < -0.4 is 4.90 Å². The predicted molar refractivity (Wildman–Crippen MR) is 89.1 cm³/mol. The van der Waals surface area contributed by atoms with E-state index >= 15 is 0 Å². The molecule has 2 fully saturated rings. The molecule has 2 aliphatic heterocycles. The van der Waals surface area contributed by atoms with Crippen molar-refractivity contribution < 1.29 is 0 Å². The number of rotatable bonds is 3. The van der Waals surface area contributed by atoms with Gasteiger partial charge in [-0.25, -0.2) is 9.97 Å². The van der Waals surface area contributed by atoms with Crippen molar-refractivity contribution in [2.45, 2.75) is 37.8 Å². The Morgan fingerprint density at radius 2 is 1.87 bits per heavy atom. The zero-order chi connectivity index (χ0) is 15.7. The molecule has 0 aliphatic carbocycles. The quantitative estimate of drug-likeness (QED) is 0.865. The van der Waals surface area contributed by atoms with Crippen molar-refractivity contribution in [3.05, 3.63) is 36.4 Å². The summed E-state index contributed by atoms with van der Waals surface area (Å²) in [6.07, 6.45) is 12.7. The standard InChI is InChI=1S/C17H24N6/c1-21-13-15(12-20-21)14-22-10-5-17(6-11-22)4-2-9-23(17)16-18-7-3-8-19-16/h3,7-8,12-13H,2,4-6,9-11,14H2,1H3. The zero-order valence-corrected chi connectivity index (χ0v) is 13.7. The van der Waals surface area contributed by atoms with Gasteiger partial charge in [0.25, 0.3) is 0 Å². The maximum atomic E-state index is 4.49. The Morgan fingerprint density at radius 1 is 1.09 bits per heavy atom. The Kier molecular flexibility index (Phi) is 3.77. The highest BCUT2D eigenvalue weighted by atomic mass is 15.3. The second-order valence-electron chi connectivity index (χ2n) is 6.83. The van der Waals surface area contributed by atoms with Gasteiger partial charge in [0.2, 0.25) is 5.95 Å². The number of anilines is 1. The number of piperidine rings is 1. The number of hydrogen-bond acceptors (Lipinski definition) is 5. The van der Waals surface area contributed by atoms with Crippen molar-refractivity contribution in [1.82, 2.24) is 24.6 Å². The Balaban J connectivity index is 1.43. The molecule has 2 saturated heterocycles. The van der Waals surface area contributed by atoms with Gasteiger partial charge >= 0.3 is 0 Å². The third-order valence-corrected chi connectivity index (χ3v) is 5.34. The first-order chi connectivity index (χ1) is 11.3. The van der Waals surface area contributed by atoms with E-state index in [1.54, 1.807) is 0 Å². The molecule has 0 amide bonds. The molecule has 6 nitrogen and oxygen atoms in total. The molecule has 122 valence electrons. The molecule has 4 heterocycles. The molecule has 2 aromatic heterocycles. The van der Waals surface area contributed by atoms with Crippen LogP contribution in [0, 0.1) is 0 Å². The number of nitrogens with zero attached hydrogens (tertiary/aromatic N) is 6. The summed E-state index contributed by atoms with van der Waals surface area (Å²) in [7, 11) is 1.98. The van der Waals surface area contributed by atoms with Gasteiger partial charge in [0.15, 0.2) is 0 Å². The highest BCUT2D eigenvalue weighted by molar-refractivity contribution is 5.37. The van der Waals surface area contributed by atoms with Gasteiger partial charge < -0.3 is 4.90 Å². The first-order valence-corrected chi connectivity index (χ1v) is 8.50. The van der Waals surface area contributed by atoms with Gasteiger partial charge in [-0.1, -0.05) is 0 Å². The molecule has 0 N–H and O–H groups in total. The molecule has 23 heavy (non-hydrogen) atoms. The van der Waals surface area contributed by atoms with Crippen LogP contribution in [-0.2, 0) is 13.6 Å². The second-order valence-corrected chi connectivity index (χ2v) is 6.83. The van der Waals surface area contributed by atoms with E-state index in [0.29, 0.717) is 0 Å². The van der Waals surface area contributed by atoms with Crippen LogP contribution in [0.3, 0.4) is 0 Å². The molecule has 0 atom stereocenters. The van der Waals surface area contributed by atoms with Crippen LogP contribution in [0.1, 0.15) is 31.2 Å². The lowest BCUT2D eigenvalue weighted by molar-refractivity contribution is 0.156. The lowest BCUT2D eigenvalue weighted by Gasteiger charge is -2.45. The van der Waals surface area contributed by atoms with Gasteiger partial charge in [-0.05, 0) is 31.7 Å². The van der Waals surface area contributed by atoms with Crippen LogP contribution in [-0.4, -0.2) is 49.8 Å². The second kappa shape index (κ2) is 5.92. The fraction of sp³-hybridized carbons (Fsp3) is 0.588. The fourth-order valence-electron chi connectivity index (χ4n) is 4.14. The average molecular weight is 312 g/mol. The lowest BCUT2D eigenvalue weighted by atomic mass is 9.85. The zero-order valence-electron chi connectivity index (χ0n) is 13.7. The monoisotopic (exact) mass is 312 g/mol. The minimum absolute atomic E-state index is 0.271. The summed E-state index contributed by atoms with van der Waals surface area (Å²) >= 11 is 0. The number of aryl methyl sites for hydroxylation is 1. The number of aromatic nitrogens is 4. The molecule has 6 heteroatoms. The van der Waals surface area contributed by atoms with Gasteiger partial charge in [0, 0.05) is 62.9 Å². The van der Waals surface area contributed by atoms with E-state index in [2.05, 4.69) is 31.1 Å². The molecule has 0 aromatic carbocycles.